The van der Waals surface area contributed by atoms with Gasteiger partial charge in [-0.25, -0.2) is 0 Å². The SMILES string of the molecule is CCNC(=O)[C@H](C)N(CCc1ccccc1)C(=O)COc1ccc(Cl)cc1. The third kappa shape index (κ3) is 6.61. The van der Waals surface area contributed by atoms with Crippen LogP contribution in [0, 0.1) is 0 Å². The average molecular weight is 389 g/mol. The third-order valence-corrected chi connectivity index (χ3v) is 4.43. The van der Waals surface area contributed by atoms with Crippen molar-refractivity contribution in [2.75, 3.05) is 19.7 Å². The van der Waals surface area contributed by atoms with Gasteiger partial charge in [0.1, 0.15) is 11.8 Å². The van der Waals surface area contributed by atoms with E-state index in [-0.39, 0.29) is 18.4 Å². The molecule has 5 nitrogen and oxygen atoms in total. The van der Waals surface area contributed by atoms with Gasteiger partial charge in [-0.2, -0.15) is 0 Å². The average Bonchev–Trinajstić information content (AvgIpc) is 2.68. The predicted molar refractivity (Wildman–Crippen MR) is 107 cm³/mol. The monoisotopic (exact) mass is 388 g/mol. The maximum atomic E-state index is 12.7. The Morgan fingerprint density at radius 2 is 1.78 bits per heavy atom. The first-order chi connectivity index (χ1) is 13.0. The molecule has 0 saturated heterocycles. The lowest BCUT2D eigenvalue weighted by atomic mass is 10.1. The molecule has 1 atom stereocenters. The highest BCUT2D eigenvalue weighted by molar-refractivity contribution is 6.30. The van der Waals surface area contributed by atoms with Crippen molar-refractivity contribution >= 4 is 23.4 Å². The number of carbonyl (C=O) groups excluding carboxylic acids is 2. The predicted octanol–water partition coefficient (Wildman–Crippen LogP) is 3.31. The van der Waals surface area contributed by atoms with E-state index in [0.29, 0.717) is 30.3 Å². The number of nitrogens with zero attached hydrogens (tertiary/aromatic N) is 1. The second kappa shape index (κ2) is 10.6. The Morgan fingerprint density at radius 1 is 1.11 bits per heavy atom. The largest absolute Gasteiger partial charge is 0.484 e. The van der Waals surface area contributed by atoms with Crippen LogP contribution in [0.25, 0.3) is 0 Å². The molecule has 0 aliphatic carbocycles. The van der Waals surface area contributed by atoms with Gasteiger partial charge in [0, 0.05) is 18.1 Å². The van der Waals surface area contributed by atoms with E-state index in [0.717, 1.165) is 5.56 Å². The Labute approximate surface area is 165 Å². The van der Waals surface area contributed by atoms with Crippen molar-refractivity contribution in [3.05, 3.63) is 65.2 Å². The van der Waals surface area contributed by atoms with Gasteiger partial charge < -0.3 is 15.0 Å². The van der Waals surface area contributed by atoms with E-state index < -0.39 is 6.04 Å². The molecule has 2 aromatic carbocycles. The number of amides is 2. The highest BCUT2D eigenvalue weighted by atomic mass is 35.5. The molecular formula is C21H25ClN2O3. The third-order valence-electron chi connectivity index (χ3n) is 4.18. The van der Waals surface area contributed by atoms with Crippen LogP contribution in [0.2, 0.25) is 5.02 Å². The van der Waals surface area contributed by atoms with Crippen LogP contribution in [0.3, 0.4) is 0 Å². The fourth-order valence-corrected chi connectivity index (χ4v) is 2.78. The number of halogens is 1. The molecule has 0 aromatic heterocycles. The zero-order chi connectivity index (χ0) is 19.6. The van der Waals surface area contributed by atoms with Crippen LogP contribution in [-0.2, 0) is 16.0 Å². The summed E-state index contributed by atoms with van der Waals surface area (Å²) in [6, 6.07) is 16.1. The molecule has 0 heterocycles. The summed E-state index contributed by atoms with van der Waals surface area (Å²) >= 11 is 5.86. The van der Waals surface area contributed by atoms with E-state index in [2.05, 4.69) is 5.32 Å². The number of rotatable bonds is 9. The zero-order valence-electron chi connectivity index (χ0n) is 15.7. The molecule has 0 fully saturated rings. The number of likely N-dealkylation sites (N-methyl/N-ethyl adjacent to an activating group) is 1. The molecule has 1 N–H and O–H groups in total. The van der Waals surface area contributed by atoms with E-state index in [1.54, 1.807) is 36.1 Å². The molecule has 2 amide bonds. The molecule has 0 aliphatic rings. The van der Waals surface area contributed by atoms with Crippen LogP contribution in [-0.4, -0.2) is 42.5 Å². The van der Waals surface area contributed by atoms with Crippen LogP contribution >= 0.6 is 11.6 Å². The highest BCUT2D eigenvalue weighted by Gasteiger charge is 2.25. The molecule has 2 aromatic rings. The van der Waals surface area contributed by atoms with Gasteiger partial charge in [-0.05, 0) is 50.1 Å². The smallest absolute Gasteiger partial charge is 0.261 e. The summed E-state index contributed by atoms with van der Waals surface area (Å²) in [5, 5.41) is 3.37. The van der Waals surface area contributed by atoms with E-state index >= 15 is 0 Å². The molecule has 2 rings (SSSR count). The van der Waals surface area contributed by atoms with Crippen molar-refractivity contribution in [1.29, 1.82) is 0 Å². The summed E-state index contributed by atoms with van der Waals surface area (Å²) in [5.74, 6) is 0.145. The van der Waals surface area contributed by atoms with Crippen LogP contribution in [0.5, 0.6) is 5.75 Å². The van der Waals surface area contributed by atoms with Gasteiger partial charge >= 0.3 is 0 Å². The van der Waals surface area contributed by atoms with Gasteiger partial charge in [0.25, 0.3) is 5.91 Å². The van der Waals surface area contributed by atoms with Gasteiger partial charge in [-0.1, -0.05) is 41.9 Å². The summed E-state index contributed by atoms with van der Waals surface area (Å²) in [6.07, 6.45) is 0.664. The first kappa shape index (κ1) is 20.8. The number of hydrogen-bond donors (Lipinski definition) is 1. The van der Waals surface area contributed by atoms with Crippen molar-refractivity contribution in [3.63, 3.8) is 0 Å². The highest BCUT2D eigenvalue weighted by Crippen LogP contribution is 2.16. The molecule has 144 valence electrons. The topological polar surface area (TPSA) is 58.6 Å². The second-order valence-electron chi connectivity index (χ2n) is 6.14. The van der Waals surface area contributed by atoms with E-state index in [9.17, 15) is 9.59 Å². The molecule has 27 heavy (non-hydrogen) atoms. The normalized spacial score (nSPS) is 11.5. The summed E-state index contributed by atoms with van der Waals surface area (Å²) in [5.41, 5.74) is 1.11. The molecule has 6 heteroatoms. The van der Waals surface area contributed by atoms with Gasteiger partial charge in [0.05, 0.1) is 0 Å². The molecule has 0 radical (unpaired) electrons. The standard InChI is InChI=1S/C21H25ClN2O3/c1-3-23-21(26)16(2)24(14-13-17-7-5-4-6-8-17)20(25)15-27-19-11-9-18(22)10-12-19/h4-12,16H,3,13-15H2,1-2H3,(H,23,26)/t16-/m0/s1. The molecule has 0 saturated carbocycles. The lowest BCUT2D eigenvalue weighted by Crippen LogP contribution is -2.50. The van der Waals surface area contributed by atoms with Crippen molar-refractivity contribution in [2.45, 2.75) is 26.3 Å². The number of carbonyl (C=O) groups is 2. The number of benzene rings is 2. The maximum absolute atomic E-state index is 12.7. The van der Waals surface area contributed by atoms with Crippen molar-refractivity contribution in [2.24, 2.45) is 0 Å². The number of ether oxygens (including phenoxy) is 1. The quantitative estimate of drug-likeness (QED) is 0.716. The second-order valence-corrected chi connectivity index (χ2v) is 6.57. The number of hydrogen-bond acceptors (Lipinski definition) is 3. The lowest BCUT2D eigenvalue weighted by Gasteiger charge is -2.28. The Hall–Kier alpha value is -2.53. The van der Waals surface area contributed by atoms with Gasteiger partial charge in [-0.15, -0.1) is 0 Å². The summed E-state index contributed by atoms with van der Waals surface area (Å²) in [6.45, 7) is 4.40. The van der Waals surface area contributed by atoms with Crippen LogP contribution in [0.4, 0.5) is 0 Å². The molecular weight excluding hydrogens is 364 g/mol. The maximum Gasteiger partial charge on any atom is 0.261 e. The Morgan fingerprint density at radius 3 is 2.41 bits per heavy atom. The number of nitrogens with one attached hydrogen (secondary N) is 1. The van der Waals surface area contributed by atoms with E-state index in [4.69, 9.17) is 16.3 Å². The molecule has 0 aliphatic heterocycles. The van der Waals surface area contributed by atoms with Gasteiger partial charge in [-0.3, -0.25) is 9.59 Å². The molecule has 0 unspecified atom stereocenters. The van der Waals surface area contributed by atoms with Crippen LogP contribution in [0.15, 0.2) is 54.6 Å². The van der Waals surface area contributed by atoms with Gasteiger partial charge in [0.15, 0.2) is 6.61 Å². The summed E-state index contributed by atoms with van der Waals surface area (Å²) < 4.78 is 5.56. The fourth-order valence-electron chi connectivity index (χ4n) is 2.65. The first-order valence-electron chi connectivity index (χ1n) is 9.00. The molecule has 0 bridgehead atoms. The van der Waals surface area contributed by atoms with Crippen molar-refractivity contribution < 1.29 is 14.3 Å². The van der Waals surface area contributed by atoms with Crippen molar-refractivity contribution in [1.82, 2.24) is 10.2 Å². The van der Waals surface area contributed by atoms with Crippen molar-refractivity contribution in [3.8, 4) is 5.75 Å². The van der Waals surface area contributed by atoms with E-state index in [1.807, 2.05) is 37.3 Å². The Kier molecular flexibility index (Phi) is 8.14. The minimum absolute atomic E-state index is 0.139. The minimum atomic E-state index is -0.574. The first-order valence-corrected chi connectivity index (χ1v) is 9.38. The van der Waals surface area contributed by atoms with Gasteiger partial charge in [0.2, 0.25) is 5.91 Å². The molecule has 0 spiro atoms. The summed E-state index contributed by atoms with van der Waals surface area (Å²) in [4.78, 5) is 26.6. The van der Waals surface area contributed by atoms with Crippen LogP contribution < -0.4 is 10.1 Å². The fraction of sp³-hybridized carbons (Fsp3) is 0.333. The van der Waals surface area contributed by atoms with Crippen LogP contribution in [0.1, 0.15) is 19.4 Å². The zero-order valence-corrected chi connectivity index (χ0v) is 16.4. The minimum Gasteiger partial charge on any atom is -0.484 e. The lowest BCUT2D eigenvalue weighted by molar-refractivity contribution is -0.141. The Balaban J connectivity index is 2.03. The Bertz CT molecular complexity index is 735. The van der Waals surface area contributed by atoms with E-state index in [1.165, 1.54) is 0 Å². The summed E-state index contributed by atoms with van der Waals surface area (Å²) in [7, 11) is 0.